The van der Waals surface area contributed by atoms with E-state index in [0.717, 1.165) is 29.8 Å². The minimum Gasteiger partial charge on any atom is -0.326 e. The van der Waals surface area contributed by atoms with Crippen molar-refractivity contribution in [2.24, 2.45) is 5.41 Å². The molecule has 1 aliphatic rings. The fourth-order valence-corrected chi connectivity index (χ4v) is 3.62. The first-order valence-electron chi connectivity index (χ1n) is 6.99. The highest BCUT2D eigenvalue weighted by atomic mass is 79.9. The lowest BCUT2D eigenvalue weighted by atomic mass is 9.67. The Labute approximate surface area is 131 Å². The van der Waals surface area contributed by atoms with Crippen LogP contribution in [0.5, 0.6) is 0 Å². The van der Waals surface area contributed by atoms with Gasteiger partial charge in [0, 0.05) is 12.6 Å². The predicted octanol–water partition coefficient (Wildman–Crippen LogP) is 5.26. The summed E-state index contributed by atoms with van der Waals surface area (Å²) in [7, 11) is 0. The fourth-order valence-electron chi connectivity index (χ4n) is 3.08. The lowest BCUT2D eigenvalue weighted by Gasteiger charge is -2.42. The number of rotatable bonds is 4. The molecule has 1 aromatic carbocycles. The molecule has 1 heterocycles. The number of benzene rings is 1. The molecule has 1 fully saturated rings. The molecule has 0 spiro atoms. The molecule has 0 atom stereocenters. The fraction of sp³-hybridized carbons (Fsp3) is 0.533. The van der Waals surface area contributed by atoms with Crippen molar-refractivity contribution in [2.45, 2.75) is 45.0 Å². The third-order valence-electron chi connectivity index (χ3n) is 4.65. The van der Waals surface area contributed by atoms with Crippen LogP contribution in [0.4, 0.5) is 4.39 Å². The van der Waals surface area contributed by atoms with Crippen molar-refractivity contribution in [1.29, 1.82) is 0 Å². The van der Waals surface area contributed by atoms with Crippen molar-refractivity contribution in [3.05, 3.63) is 28.2 Å². The molecule has 2 aromatic rings. The molecule has 1 aliphatic carbocycles. The van der Waals surface area contributed by atoms with Crippen molar-refractivity contribution in [3.8, 4) is 0 Å². The predicted molar refractivity (Wildman–Crippen MR) is 83.5 cm³/mol. The van der Waals surface area contributed by atoms with Gasteiger partial charge in [-0.2, -0.15) is 0 Å². The van der Waals surface area contributed by atoms with Crippen molar-refractivity contribution in [1.82, 2.24) is 9.55 Å². The van der Waals surface area contributed by atoms with E-state index in [4.69, 9.17) is 11.6 Å². The third kappa shape index (κ3) is 2.27. The average molecular weight is 360 g/mol. The van der Waals surface area contributed by atoms with Crippen LogP contribution < -0.4 is 0 Å². The summed E-state index contributed by atoms with van der Waals surface area (Å²) in [5.41, 5.74) is 2.00. The van der Waals surface area contributed by atoms with Crippen molar-refractivity contribution >= 4 is 38.6 Å². The Morgan fingerprint density at radius 2 is 2.20 bits per heavy atom. The molecule has 0 radical (unpaired) electrons. The average Bonchev–Trinajstić information content (AvgIpc) is 2.72. The van der Waals surface area contributed by atoms with Gasteiger partial charge < -0.3 is 4.57 Å². The van der Waals surface area contributed by atoms with E-state index in [0.29, 0.717) is 15.8 Å². The second-order valence-electron chi connectivity index (χ2n) is 5.71. The monoisotopic (exact) mass is 358 g/mol. The van der Waals surface area contributed by atoms with Crippen molar-refractivity contribution in [2.75, 3.05) is 0 Å². The van der Waals surface area contributed by atoms with Crippen LogP contribution in [0.2, 0.25) is 0 Å². The quantitative estimate of drug-likeness (QED) is 0.681. The summed E-state index contributed by atoms with van der Waals surface area (Å²) in [6.45, 7) is 3.12. The zero-order chi connectivity index (χ0) is 14.3. The summed E-state index contributed by atoms with van der Waals surface area (Å²) in [6.07, 6.45) is 4.91. The van der Waals surface area contributed by atoms with Gasteiger partial charge in [-0.1, -0.05) is 13.3 Å². The first-order valence-corrected chi connectivity index (χ1v) is 8.31. The van der Waals surface area contributed by atoms with Gasteiger partial charge in [-0.25, -0.2) is 9.37 Å². The minimum absolute atomic E-state index is 0.251. The summed E-state index contributed by atoms with van der Waals surface area (Å²) in [5.74, 6) is 0.936. The number of halogens is 3. The van der Waals surface area contributed by atoms with Crippen LogP contribution in [0, 0.1) is 11.2 Å². The highest BCUT2D eigenvalue weighted by Gasteiger charge is 2.36. The second kappa shape index (κ2) is 5.30. The van der Waals surface area contributed by atoms with E-state index in [1.807, 2.05) is 0 Å². The van der Waals surface area contributed by atoms with Gasteiger partial charge in [-0.3, -0.25) is 0 Å². The Balaban J connectivity index is 2.10. The molecule has 20 heavy (non-hydrogen) atoms. The first kappa shape index (κ1) is 14.3. The first-order chi connectivity index (χ1) is 9.58. The summed E-state index contributed by atoms with van der Waals surface area (Å²) >= 11 is 9.24. The van der Waals surface area contributed by atoms with Crippen molar-refractivity contribution in [3.63, 3.8) is 0 Å². The van der Waals surface area contributed by atoms with E-state index in [-0.39, 0.29) is 5.82 Å². The van der Waals surface area contributed by atoms with Gasteiger partial charge >= 0.3 is 0 Å². The standard InChI is InChI=1S/C15H17BrClFN2/c1-2-15(4-3-5-15)9-20-13-7-11(18)10(16)6-12(13)19-14(20)8-17/h6-7H,2-5,8-9H2,1H3. The Morgan fingerprint density at radius 1 is 1.45 bits per heavy atom. The number of imidazole rings is 1. The van der Waals surface area contributed by atoms with Crippen molar-refractivity contribution < 1.29 is 4.39 Å². The van der Waals surface area contributed by atoms with E-state index >= 15 is 0 Å². The Kier molecular flexibility index (Phi) is 3.80. The van der Waals surface area contributed by atoms with Crippen LogP contribution in [0.25, 0.3) is 11.0 Å². The Hall–Kier alpha value is -0.610. The molecule has 2 nitrogen and oxygen atoms in total. The highest BCUT2D eigenvalue weighted by Crippen LogP contribution is 2.46. The summed E-state index contributed by atoms with van der Waals surface area (Å²) < 4.78 is 16.4. The van der Waals surface area contributed by atoms with Crippen LogP contribution in [0.15, 0.2) is 16.6 Å². The van der Waals surface area contributed by atoms with Crippen LogP contribution in [0.3, 0.4) is 0 Å². The molecule has 108 valence electrons. The normalized spacial score (nSPS) is 17.4. The Bertz CT molecular complexity index is 643. The molecule has 5 heteroatoms. The summed E-state index contributed by atoms with van der Waals surface area (Å²) in [6, 6.07) is 3.29. The SMILES string of the molecule is CCC1(Cn2c(CCl)nc3cc(Br)c(F)cc32)CCC1. The summed E-state index contributed by atoms with van der Waals surface area (Å²) in [5, 5.41) is 0. The molecule has 0 aliphatic heterocycles. The van der Waals surface area contributed by atoms with Gasteiger partial charge in [0.15, 0.2) is 0 Å². The van der Waals surface area contributed by atoms with Gasteiger partial charge in [0.25, 0.3) is 0 Å². The lowest BCUT2D eigenvalue weighted by molar-refractivity contribution is 0.101. The van der Waals surface area contributed by atoms with Crippen LogP contribution in [-0.4, -0.2) is 9.55 Å². The van der Waals surface area contributed by atoms with Gasteiger partial charge in [-0.15, -0.1) is 11.6 Å². The maximum Gasteiger partial charge on any atom is 0.139 e. The number of hydrogen-bond donors (Lipinski definition) is 0. The van der Waals surface area contributed by atoms with E-state index in [2.05, 4.69) is 32.4 Å². The number of nitrogens with zero attached hydrogens (tertiary/aromatic N) is 2. The van der Waals surface area contributed by atoms with Crippen LogP contribution >= 0.6 is 27.5 Å². The maximum atomic E-state index is 13.8. The molecule has 0 saturated heterocycles. The lowest BCUT2D eigenvalue weighted by Crippen LogP contribution is -2.33. The number of aromatic nitrogens is 2. The zero-order valence-corrected chi connectivity index (χ0v) is 13.8. The molecule has 1 saturated carbocycles. The molecule has 0 bridgehead atoms. The van der Waals surface area contributed by atoms with E-state index in [1.54, 1.807) is 12.1 Å². The second-order valence-corrected chi connectivity index (χ2v) is 6.83. The number of hydrogen-bond acceptors (Lipinski definition) is 1. The smallest absolute Gasteiger partial charge is 0.139 e. The molecule has 3 rings (SSSR count). The van der Waals surface area contributed by atoms with Gasteiger partial charge in [0.1, 0.15) is 11.6 Å². The molecule has 0 N–H and O–H groups in total. The molecule has 1 aromatic heterocycles. The highest BCUT2D eigenvalue weighted by molar-refractivity contribution is 9.10. The zero-order valence-electron chi connectivity index (χ0n) is 11.4. The molecular formula is C15H17BrClFN2. The van der Waals surface area contributed by atoms with Gasteiger partial charge in [-0.05, 0) is 46.7 Å². The third-order valence-corrected chi connectivity index (χ3v) is 5.49. The molecule has 0 unspecified atom stereocenters. The molecule has 0 amide bonds. The van der Waals surface area contributed by atoms with E-state index in [1.165, 1.54) is 19.3 Å². The van der Waals surface area contributed by atoms with Crippen LogP contribution in [-0.2, 0) is 12.4 Å². The van der Waals surface area contributed by atoms with Gasteiger partial charge in [0.05, 0.1) is 21.4 Å². The number of alkyl halides is 1. The Morgan fingerprint density at radius 3 is 2.75 bits per heavy atom. The van der Waals surface area contributed by atoms with E-state index in [9.17, 15) is 4.39 Å². The molecular weight excluding hydrogens is 343 g/mol. The summed E-state index contributed by atoms with van der Waals surface area (Å²) in [4.78, 5) is 4.54. The van der Waals surface area contributed by atoms with E-state index < -0.39 is 0 Å². The topological polar surface area (TPSA) is 17.8 Å². The largest absolute Gasteiger partial charge is 0.326 e. The minimum atomic E-state index is -0.251. The van der Waals surface area contributed by atoms with Crippen LogP contribution in [0.1, 0.15) is 38.4 Å². The maximum absolute atomic E-state index is 13.8. The van der Waals surface area contributed by atoms with Gasteiger partial charge in [0.2, 0.25) is 0 Å². The number of fused-ring (bicyclic) bond motifs is 1.